The van der Waals surface area contributed by atoms with E-state index < -0.39 is 33.4 Å². The molecule has 0 amide bonds. The number of hydrogen-bond donors (Lipinski definition) is 3. The van der Waals surface area contributed by atoms with Crippen LogP contribution in [0.1, 0.15) is 10.4 Å². The van der Waals surface area contributed by atoms with Crippen molar-refractivity contribution in [3.8, 4) is 11.5 Å². The molecule has 1 aromatic carbocycles. The fourth-order valence-electron chi connectivity index (χ4n) is 0.875. The van der Waals surface area contributed by atoms with Crippen molar-refractivity contribution in [1.29, 1.82) is 0 Å². The second-order valence-corrected chi connectivity index (χ2v) is 3.49. The Morgan fingerprint density at radius 2 is 1.67 bits per heavy atom. The van der Waals surface area contributed by atoms with E-state index in [1.54, 1.807) is 0 Å². The van der Waals surface area contributed by atoms with Gasteiger partial charge in [-0.15, -0.1) is 0 Å². The van der Waals surface area contributed by atoms with Crippen molar-refractivity contribution >= 4 is 16.4 Å². The van der Waals surface area contributed by atoms with E-state index in [1.165, 1.54) is 6.07 Å². The van der Waals surface area contributed by atoms with Gasteiger partial charge in [-0.05, 0) is 12.1 Å². The molecule has 0 radical (unpaired) electrons. The number of phenols is 2. The van der Waals surface area contributed by atoms with Crippen molar-refractivity contribution in [3.05, 3.63) is 23.8 Å². The van der Waals surface area contributed by atoms with Crippen molar-refractivity contribution < 1.29 is 32.2 Å². The molecule has 0 bridgehead atoms. The van der Waals surface area contributed by atoms with Gasteiger partial charge < -0.3 is 14.4 Å². The van der Waals surface area contributed by atoms with Crippen LogP contribution < -0.4 is 0 Å². The Labute approximate surface area is 84.5 Å². The molecule has 1 rings (SSSR count). The maximum atomic E-state index is 11.0. The van der Waals surface area contributed by atoms with Crippen LogP contribution in [-0.2, 0) is 14.6 Å². The van der Waals surface area contributed by atoms with Crippen LogP contribution in [0.25, 0.3) is 0 Å². The summed E-state index contributed by atoms with van der Waals surface area (Å²) < 4.78 is 32.1. The van der Waals surface area contributed by atoms with Crippen molar-refractivity contribution in [1.82, 2.24) is 0 Å². The quantitative estimate of drug-likeness (QED) is 0.618. The number of carbonyl (C=O) groups excluding carboxylic acids is 1. The molecule has 0 unspecified atom stereocenters. The summed E-state index contributed by atoms with van der Waals surface area (Å²) in [5.41, 5.74) is -0.741. The maximum Gasteiger partial charge on any atom is 0.449 e. The molecule has 7 nitrogen and oxygen atoms in total. The molecule has 3 N–H and O–H groups in total. The minimum atomic E-state index is -4.98. The molecular weight excluding hydrogens is 228 g/mol. The first-order valence-electron chi connectivity index (χ1n) is 3.53. The van der Waals surface area contributed by atoms with Gasteiger partial charge in [-0.2, -0.15) is 8.42 Å². The lowest BCUT2D eigenvalue weighted by Gasteiger charge is -2.04. The zero-order valence-corrected chi connectivity index (χ0v) is 7.93. The first kappa shape index (κ1) is 11.3. The van der Waals surface area contributed by atoms with Crippen LogP contribution in [0, 0.1) is 0 Å². The number of carbonyl (C=O) groups is 1. The van der Waals surface area contributed by atoms with Crippen LogP contribution in [-0.4, -0.2) is 29.2 Å². The highest BCUT2D eigenvalue weighted by molar-refractivity contribution is 7.81. The first-order valence-corrected chi connectivity index (χ1v) is 4.90. The zero-order chi connectivity index (χ0) is 11.6. The predicted octanol–water partition coefficient (Wildman–Crippen LogP) is 0.0574. The van der Waals surface area contributed by atoms with Gasteiger partial charge in [0.25, 0.3) is 0 Å². The van der Waals surface area contributed by atoms with E-state index in [2.05, 4.69) is 4.18 Å². The van der Waals surface area contributed by atoms with Gasteiger partial charge in [-0.3, -0.25) is 4.55 Å². The SMILES string of the molecule is O=C(OS(=O)(=O)O)c1c(O)cccc1O. The van der Waals surface area contributed by atoms with E-state index in [1.807, 2.05) is 0 Å². The summed E-state index contributed by atoms with van der Waals surface area (Å²) in [7, 11) is -4.98. The summed E-state index contributed by atoms with van der Waals surface area (Å²) in [5, 5.41) is 18.2. The monoisotopic (exact) mass is 234 g/mol. The van der Waals surface area contributed by atoms with E-state index >= 15 is 0 Å². The van der Waals surface area contributed by atoms with Crippen molar-refractivity contribution in [2.24, 2.45) is 0 Å². The highest BCUT2D eigenvalue weighted by Gasteiger charge is 2.22. The highest BCUT2D eigenvalue weighted by Crippen LogP contribution is 2.27. The smallest absolute Gasteiger partial charge is 0.449 e. The standard InChI is InChI=1S/C7H6O7S/c8-4-2-1-3-5(9)6(4)7(10)14-15(11,12)13/h1-3,8-9H,(H,11,12,13). The topological polar surface area (TPSA) is 121 Å². The van der Waals surface area contributed by atoms with Gasteiger partial charge in [-0.1, -0.05) is 6.07 Å². The number of hydrogen-bond acceptors (Lipinski definition) is 6. The molecule has 15 heavy (non-hydrogen) atoms. The van der Waals surface area contributed by atoms with Gasteiger partial charge in [0.2, 0.25) is 0 Å². The molecule has 0 saturated carbocycles. The molecule has 0 spiro atoms. The Morgan fingerprint density at radius 1 is 1.20 bits per heavy atom. The lowest BCUT2D eigenvalue weighted by molar-refractivity contribution is 0.0721. The Hall–Kier alpha value is -1.80. The summed E-state index contributed by atoms with van der Waals surface area (Å²) in [4.78, 5) is 11.0. The van der Waals surface area contributed by atoms with Crippen LogP contribution in [0.15, 0.2) is 18.2 Å². The third kappa shape index (κ3) is 2.82. The molecule has 0 aromatic heterocycles. The fourth-order valence-corrected chi connectivity index (χ4v) is 1.15. The minimum absolute atomic E-state index is 0.663. The average Bonchev–Trinajstić information content (AvgIpc) is 1.99. The molecule has 0 aliphatic carbocycles. The molecule has 82 valence electrons. The average molecular weight is 234 g/mol. The van der Waals surface area contributed by atoms with Gasteiger partial charge in [-0.25, -0.2) is 4.79 Å². The summed E-state index contributed by atoms with van der Waals surface area (Å²) in [6.07, 6.45) is 0. The largest absolute Gasteiger partial charge is 0.507 e. The molecule has 8 heteroatoms. The summed E-state index contributed by atoms with van der Waals surface area (Å²) in [6.45, 7) is 0. The molecule has 0 heterocycles. The molecule has 0 aliphatic rings. The number of phenolic OH excluding ortho intramolecular Hbond substituents is 2. The third-order valence-electron chi connectivity index (χ3n) is 1.41. The Kier molecular flexibility index (Phi) is 2.82. The second-order valence-electron chi connectivity index (χ2n) is 2.47. The number of rotatable bonds is 2. The predicted molar refractivity (Wildman–Crippen MR) is 46.7 cm³/mol. The van der Waals surface area contributed by atoms with Crippen molar-refractivity contribution in [3.63, 3.8) is 0 Å². The second kappa shape index (κ2) is 3.75. The van der Waals surface area contributed by atoms with E-state index in [0.717, 1.165) is 12.1 Å². The Bertz CT molecular complexity index is 470. The van der Waals surface area contributed by atoms with Crippen LogP contribution in [0.4, 0.5) is 0 Å². The van der Waals surface area contributed by atoms with Crippen LogP contribution in [0.5, 0.6) is 11.5 Å². The zero-order valence-electron chi connectivity index (χ0n) is 7.11. The minimum Gasteiger partial charge on any atom is -0.507 e. The van der Waals surface area contributed by atoms with Crippen LogP contribution in [0.2, 0.25) is 0 Å². The van der Waals surface area contributed by atoms with Crippen molar-refractivity contribution in [2.75, 3.05) is 0 Å². The van der Waals surface area contributed by atoms with Crippen LogP contribution in [0.3, 0.4) is 0 Å². The highest BCUT2D eigenvalue weighted by atomic mass is 32.3. The number of aromatic hydroxyl groups is 2. The van der Waals surface area contributed by atoms with Gasteiger partial charge in [0.05, 0.1) is 0 Å². The summed E-state index contributed by atoms with van der Waals surface area (Å²) in [5.74, 6) is -2.90. The summed E-state index contributed by atoms with van der Waals surface area (Å²) >= 11 is 0. The first-order chi connectivity index (χ1) is 6.81. The lowest BCUT2D eigenvalue weighted by Crippen LogP contribution is -2.12. The van der Waals surface area contributed by atoms with Gasteiger partial charge >= 0.3 is 16.4 Å². The van der Waals surface area contributed by atoms with Gasteiger partial charge in [0, 0.05) is 0 Å². The Balaban J connectivity index is 3.12. The molecular formula is C7H6O7S. The number of benzene rings is 1. The summed E-state index contributed by atoms with van der Waals surface area (Å²) in [6, 6.07) is 3.31. The van der Waals surface area contributed by atoms with E-state index in [9.17, 15) is 13.2 Å². The van der Waals surface area contributed by atoms with Crippen molar-refractivity contribution in [2.45, 2.75) is 0 Å². The molecule has 0 aliphatic heterocycles. The van der Waals surface area contributed by atoms with E-state index in [4.69, 9.17) is 14.8 Å². The molecule has 0 atom stereocenters. The molecule has 0 saturated heterocycles. The molecule has 1 aromatic rings. The van der Waals surface area contributed by atoms with E-state index in [0.29, 0.717) is 0 Å². The van der Waals surface area contributed by atoms with Gasteiger partial charge in [0.1, 0.15) is 17.1 Å². The Morgan fingerprint density at radius 3 is 2.07 bits per heavy atom. The maximum absolute atomic E-state index is 11.0. The third-order valence-corrected chi connectivity index (χ3v) is 1.77. The van der Waals surface area contributed by atoms with Crippen LogP contribution >= 0.6 is 0 Å². The van der Waals surface area contributed by atoms with E-state index in [-0.39, 0.29) is 0 Å². The normalized spacial score (nSPS) is 11.0. The van der Waals surface area contributed by atoms with Gasteiger partial charge in [0.15, 0.2) is 0 Å². The lowest BCUT2D eigenvalue weighted by atomic mass is 10.2. The fraction of sp³-hybridized carbons (Fsp3) is 0. The molecule has 0 fully saturated rings.